The quantitative estimate of drug-likeness (QED) is 0.457. The molecule has 1 aromatic carbocycles. The van der Waals surface area contributed by atoms with E-state index in [1.54, 1.807) is 6.07 Å². The van der Waals surface area contributed by atoms with Gasteiger partial charge in [-0.25, -0.2) is 0 Å². The Morgan fingerprint density at radius 1 is 1.50 bits per heavy atom. The van der Waals surface area contributed by atoms with Gasteiger partial charge in [-0.15, -0.1) is 6.58 Å². The number of nitrogens with one attached hydrogen (secondary N) is 1. The number of aromatic hydroxyl groups is 1. The first kappa shape index (κ1) is 16.9. The van der Waals surface area contributed by atoms with Crippen LogP contribution in [0.4, 0.5) is 5.69 Å². The number of phenolic OH excluding ortho intramolecular Hbond substituents is 1. The van der Waals surface area contributed by atoms with E-state index in [4.69, 9.17) is 0 Å². The van der Waals surface area contributed by atoms with E-state index in [9.17, 15) is 15.2 Å². The normalized spacial score (nSPS) is 17.1. The number of hydrogen-bond acceptors (Lipinski definition) is 5. The van der Waals surface area contributed by atoms with Crippen molar-refractivity contribution in [1.82, 2.24) is 10.2 Å². The van der Waals surface area contributed by atoms with Crippen molar-refractivity contribution in [3.63, 3.8) is 0 Å². The molecule has 2 rings (SSSR count). The lowest BCUT2D eigenvalue weighted by molar-refractivity contribution is -0.386. The van der Waals surface area contributed by atoms with Crippen LogP contribution < -0.4 is 5.32 Å². The number of piperazine rings is 1. The van der Waals surface area contributed by atoms with Crippen LogP contribution in [0.5, 0.6) is 5.75 Å². The minimum atomic E-state index is -0.550. The van der Waals surface area contributed by atoms with Crippen molar-refractivity contribution in [2.24, 2.45) is 0 Å². The van der Waals surface area contributed by atoms with E-state index in [2.05, 4.69) is 32.7 Å². The highest BCUT2D eigenvalue weighted by atomic mass is 79.9. The molecule has 0 unspecified atom stereocenters. The van der Waals surface area contributed by atoms with Crippen LogP contribution in [0.25, 0.3) is 0 Å². The minimum absolute atomic E-state index is 0.0590. The van der Waals surface area contributed by atoms with Crippen molar-refractivity contribution in [2.75, 3.05) is 26.2 Å². The first-order valence-electron chi connectivity index (χ1n) is 7.27. The predicted molar refractivity (Wildman–Crippen MR) is 89.1 cm³/mol. The number of benzene rings is 1. The van der Waals surface area contributed by atoms with Gasteiger partial charge in [0.15, 0.2) is 5.75 Å². The SMILES string of the molecule is C=CCC[C@H](c1cc(Br)cc([N+](=O)[O-])c1O)N1CCNCC1. The fourth-order valence-corrected chi connectivity index (χ4v) is 3.27. The molecule has 1 saturated heterocycles. The van der Waals surface area contributed by atoms with Crippen LogP contribution in [0.15, 0.2) is 29.3 Å². The van der Waals surface area contributed by atoms with E-state index in [0.717, 1.165) is 39.0 Å². The van der Waals surface area contributed by atoms with Gasteiger partial charge in [0.25, 0.3) is 0 Å². The zero-order valence-corrected chi connectivity index (χ0v) is 13.9. The van der Waals surface area contributed by atoms with Crippen molar-refractivity contribution < 1.29 is 10.0 Å². The van der Waals surface area contributed by atoms with Crippen LogP contribution in [-0.2, 0) is 0 Å². The molecule has 1 aliphatic heterocycles. The largest absolute Gasteiger partial charge is 0.502 e. The summed E-state index contributed by atoms with van der Waals surface area (Å²) < 4.78 is 0.603. The van der Waals surface area contributed by atoms with Crippen molar-refractivity contribution in [3.8, 4) is 5.75 Å². The van der Waals surface area contributed by atoms with Crippen LogP contribution in [0.1, 0.15) is 24.4 Å². The van der Waals surface area contributed by atoms with E-state index in [-0.39, 0.29) is 17.5 Å². The van der Waals surface area contributed by atoms with Gasteiger partial charge in [-0.3, -0.25) is 15.0 Å². The smallest absolute Gasteiger partial charge is 0.312 e. The first-order valence-corrected chi connectivity index (χ1v) is 8.06. The number of nitrogens with zero attached hydrogens (tertiary/aromatic N) is 2. The average Bonchev–Trinajstić information content (AvgIpc) is 2.51. The number of phenols is 1. The van der Waals surface area contributed by atoms with E-state index >= 15 is 0 Å². The third kappa shape index (κ3) is 3.85. The fraction of sp³-hybridized carbons (Fsp3) is 0.467. The molecule has 0 saturated carbocycles. The van der Waals surface area contributed by atoms with Crippen LogP contribution in [0, 0.1) is 10.1 Å². The van der Waals surface area contributed by atoms with E-state index < -0.39 is 4.92 Å². The van der Waals surface area contributed by atoms with Crippen molar-refractivity contribution in [2.45, 2.75) is 18.9 Å². The molecular formula is C15H20BrN3O3. The Morgan fingerprint density at radius 3 is 2.77 bits per heavy atom. The molecule has 1 fully saturated rings. The van der Waals surface area contributed by atoms with Gasteiger partial charge in [0, 0.05) is 48.3 Å². The van der Waals surface area contributed by atoms with E-state index in [1.807, 2.05) is 6.08 Å². The third-order valence-corrected chi connectivity index (χ3v) is 4.33. The molecule has 6 nitrogen and oxygen atoms in total. The molecular weight excluding hydrogens is 350 g/mol. The molecule has 0 spiro atoms. The Labute approximate surface area is 138 Å². The van der Waals surface area contributed by atoms with Crippen LogP contribution in [0.3, 0.4) is 0 Å². The number of rotatable bonds is 6. The Balaban J connectivity index is 2.41. The average molecular weight is 370 g/mol. The summed E-state index contributed by atoms with van der Waals surface area (Å²) in [6.45, 7) is 7.20. The second-order valence-corrected chi connectivity index (χ2v) is 6.20. The summed E-state index contributed by atoms with van der Waals surface area (Å²) in [7, 11) is 0. The van der Waals surface area contributed by atoms with Crippen LogP contribution >= 0.6 is 15.9 Å². The highest BCUT2D eigenvalue weighted by Crippen LogP contribution is 2.40. The van der Waals surface area contributed by atoms with Crippen LogP contribution in [0.2, 0.25) is 0 Å². The molecule has 0 amide bonds. The molecule has 1 atom stereocenters. The number of halogens is 1. The zero-order chi connectivity index (χ0) is 16.1. The first-order chi connectivity index (χ1) is 10.5. The maximum atomic E-state index is 11.1. The summed E-state index contributed by atoms with van der Waals surface area (Å²) in [5.74, 6) is -0.235. The molecule has 0 bridgehead atoms. The molecule has 0 aliphatic carbocycles. The van der Waals surface area contributed by atoms with Gasteiger partial charge in [-0.2, -0.15) is 0 Å². The Kier molecular flexibility index (Phi) is 5.93. The Hall–Kier alpha value is -1.44. The minimum Gasteiger partial charge on any atom is -0.502 e. The van der Waals surface area contributed by atoms with Gasteiger partial charge in [-0.05, 0) is 18.9 Å². The second-order valence-electron chi connectivity index (χ2n) is 5.29. The summed E-state index contributed by atoms with van der Waals surface area (Å²) in [6, 6.07) is 3.05. The lowest BCUT2D eigenvalue weighted by Gasteiger charge is -2.35. The van der Waals surface area contributed by atoms with E-state index in [0.29, 0.717) is 10.0 Å². The van der Waals surface area contributed by atoms with Crippen molar-refractivity contribution in [1.29, 1.82) is 0 Å². The monoisotopic (exact) mass is 369 g/mol. The van der Waals surface area contributed by atoms with Crippen molar-refractivity contribution in [3.05, 3.63) is 44.9 Å². The van der Waals surface area contributed by atoms with Gasteiger partial charge in [0.1, 0.15) is 0 Å². The standard InChI is InChI=1S/C15H20BrN3O3/c1-2-3-4-13(18-7-5-17-6-8-18)12-9-11(16)10-14(15(12)20)19(21)22/h2,9-10,13,17,20H,1,3-8H2/t13-/m1/s1. The van der Waals surface area contributed by atoms with Crippen molar-refractivity contribution >= 4 is 21.6 Å². The molecule has 0 aromatic heterocycles. The van der Waals surface area contributed by atoms with Gasteiger partial charge in [-0.1, -0.05) is 22.0 Å². The van der Waals surface area contributed by atoms with Crippen LogP contribution in [-0.4, -0.2) is 41.1 Å². The van der Waals surface area contributed by atoms with Gasteiger partial charge in [0.05, 0.1) is 4.92 Å². The second kappa shape index (κ2) is 7.71. The summed E-state index contributed by atoms with van der Waals surface area (Å²) in [5.41, 5.74) is 0.341. The van der Waals surface area contributed by atoms with Gasteiger partial charge < -0.3 is 10.4 Å². The fourth-order valence-electron chi connectivity index (χ4n) is 2.80. The zero-order valence-electron chi connectivity index (χ0n) is 12.3. The molecule has 22 heavy (non-hydrogen) atoms. The summed E-state index contributed by atoms with van der Waals surface area (Å²) in [6.07, 6.45) is 3.39. The maximum absolute atomic E-state index is 11.1. The summed E-state index contributed by atoms with van der Waals surface area (Å²) >= 11 is 3.31. The maximum Gasteiger partial charge on any atom is 0.312 e. The molecule has 120 valence electrons. The molecule has 7 heteroatoms. The highest BCUT2D eigenvalue weighted by molar-refractivity contribution is 9.10. The lowest BCUT2D eigenvalue weighted by atomic mass is 9.97. The van der Waals surface area contributed by atoms with Gasteiger partial charge >= 0.3 is 5.69 Å². The van der Waals surface area contributed by atoms with Gasteiger partial charge in [0.2, 0.25) is 0 Å². The lowest BCUT2D eigenvalue weighted by Crippen LogP contribution is -2.45. The summed E-state index contributed by atoms with van der Waals surface area (Å²) in [4.78, 5) is 12.8. The Bertz CT molecular complexity index is 559. The number of nitro benzene ring substituents is 1. The molecule has 1 aromatic rings. The number of nitro groups is 1. The van der Waals surface area contributed by atoms with E-state index in [1.165, 1.54) is 6.07 Å². The highest BCUT2D eigenvalue weighted by Gasteiger charge is 2.28. The topological polar surface area (TPSA) is 78.6 Å². The number of allylic oxidation sites excluding steroid dienone is 1. The molecule has 1 aliphatic rings. The molecule has 0 radical (unpaired) electrons. The molecule has 1 heterocycles. The molecule has 2 N–H and O–H groups in total. The summed E-state index contributed by atoms with van der Waals surface area (Å²) in [5, 5.41) is 24.8. The third-order valence-electron chi connectivity index (χ3n) is 3.88. The number of hydrogen-bond donors (Lipinski definition) is 2. The predicted octanol–water partition coefficient (Wildman–Crippen LogP) is 2.98. The Morgan fingerprint density at radius 2 is 2.18 bits per heavy atom.